The first-order chi connectivity index (χ1) is 12.8. The van der Waals surface area contributed by atoms with Crippen molar-refractivity contribution >= 4 is 32.6 Å². The number of pyridine rings is 1. The molecule has 4 heterocycles. The average Bonchev–Trinajstić information content (AvgIpc) is 3.29. The summed E-state index contributed by atoms with van der Waals surface area (Å²) in [6.45, 7) is 14.5. The van der Waals surface area contributed by atoms with Crippen LogP contribution in [0.15, 0.2) is 11.1 Å². The number of fused-ring (bicyclic) bond motifs is 2. The van der Waals surface area contributed by atoms with E-state index in [2.05, 4.69) is 52.1 Å². The molecule has 0 bridgehead atoms. The maximum atomic E-state index is 13.1. The zero-order valence-electron chi connectivity index (χ0n) is 16.8. The molecule has 0 amide bonds. The van der Waals surface area contributed by atoms with Crippen LogP contribution in [0.2, 0.25) is 0 Å². The van der Waals surface area contributed by atoms with Gasteiger partial charge in [-0.1, -0.05) is 6.92 Å². The van der Waals surface area contributed by atoms with Crippen LogP contribution < -0.4 is 0 Å². The summed E-state index contributed by atoms with van der Waals surface area (Å²) in [6.07, 6.45) is 2.10. The van der Waals surface area contributed by atoms with Gasteiger partial charge in [0.1, 0.15) is 11.4 Å². The Morgan fingerprint density at radius 2 is 1.70 bits per heavy atom. The lowest BCUT2D eigenvalue weighted by atomic mass is 10.0. The van der Waals surface area contributed by atoms with Gasteiger partial charge in [-0.3, -0.25) is 8.61 Å². The molecule has 1 unspecified atom stereocenters. The molecule has 0 radical (unpaired) electrons. The Balaban J connectivity index is 2.15. The molecule has 0 saturated heterocycles. The van der Waals surface area contributed by atoms with Crippen LogP contribution in [0.5, 0.6) is 0 Å². The quantitative estimate of drug-likeness (QED) is 0.501. The Labute approximate surface area is 165 Å². The highest BCUT2D eigenvalue weighted by Gasteiger charge is 2.26. The van der Waals surface area contributed by atoms with Gasteiger partial charge < -0.3 is 0 Å². The van der Waals surface area contributed by atoms with Gasteiger partial charge in [-0.2, -0.15) is 5.10 Å². The second kappa shape index (κ2) is 6.27. The molecule has 5 nitrogen and oxygen atoms in total. The molecule has 1 atom stereocenters. The van der Waals surface area contributed by atoms with Gasteiger partial charge in [0.15, 0.2) is 4.96 Å². The molecule has 0 saturated carbocycles. The molecule has 0 N–H and O–H groups in total. The second-order valence-corrected chi connectivity index (χ2v) is 9.96. The van der Waals surface area contributed by atoms with Crippen LogP contribution in [0.3, 0.4) is 0 Å². The van der Waals surface area contributed by atoms with Crippen LogP contribution in [0.1, 0.15) is 39.9 Å². The van der Waals surface area contributed by atoms with Crippen molar-refractivity contribution in [2.24, 2.45) is 0 Å². The molecular formula is C20H24N4OS2. The molecule has 142 valence electrons. The fourth-order valence-electron chi connectivity index (χ4n) is 3.67. The summed E-state index contributed by atoms with van der Waals surface area (Å²) < 4.78 is 17.2. The fourth-order valence-corrected chi connectivity index (χ4v) is 5.64. The van der Waals surface area contributed by atoms with E-state index in [0.717, 1.165) is 43.7 Å². The van der Waals surface area contributed by atoms with E-state index < -0.39 is 10.8 Å². The van der Waals surface area contributed by atoms with Crippen molar-refractivity contribution in [2.75, 3.05) is 5.75 Å². The monoisotopic (exact) mass is 400 g/mol. The van der Waals surface area contributed by atoms with E-state index in [1.54, 1.807) is 11.3 Å². The summed E-state index contributed by atoms with van der Waals surface area (Å²) >= 11 is 1.66. The van der Waals surface area contributed by atoms with Crippen LogP contribution in [-0.4, -0.2) is 29.0 Å². The van der Waals surface area contributed by atoms with Crippen LogP contribution in [0.25, 0.3) is 21.9 Å². The summed E-state index contributed by atoms with van der Waals surface area (Å²) in [4.78, 5) is 7.83. The number of rotatable bonds is 3. The zero-order chi connectivity index (χ0) is 19.6. The SMILES string of the molecule is CCS(=O)c1c(-c2nc3sc(C)cn3c2C)nn2c(C)c(C)c(C)c(C)c12. The Kier molecular flexibility index (Phi) is 4.27. The highest BCUT2D eigenvalue weighted by Crippen LogP contribution is 2.36. The average molecular weight is 401 g/mol. The highest BCUT2D eigenvalue weighted by molar-refractivity contribution is 7.85. The smallest absolute Gasteiger partial charge is 0.194 e. The van der Waals surface area contributed by atoms with Crippen molar-refractivity contribution in [3.63, 3.8) is 0 Å². The summed E-state index contributed by atoms with van der Waals surface area (Å²) in [6, 6.07) is 0. The van der Waals surface area contributed by atoms with E-state index in [1.165, 1.54) is 16.0 Å². The molecule has 0 aromatic carbocycles. The first kappa shape index (κ1) is 18.4. The number of aryl methyl sites for hydroxylation is 4. The number of thiazole rings is 1. The van der Waals surface area contributed by atoms with Crippen molar-refractivity contribution in [1.82, 2.24) is 19.0 Å². The second-order valence-electron chi connectivity index (χ2n) is 7.07. The molecular weight excluding hydrogens is 376 g/mol. The largest absolute Gasteiger partial charge is 0.294 e. The minimum Gasteiger partial charge on any atom is -0.294 e. The molecule has 4 aromatic heterocycles. The maximum absolute atomic E-state index is 13.1. The van der Waals surface area contributed by atoms with Gasteiger partial charge in [0.2, 0.25) is 0 Å². The van der Waals surface area contributed by atoms with Gasteiger partial charge in [0.05, 0.1) is 21.2 Å². The van der Waals surface area contributed by atoms with Gasteiger partial charge in [0.25, 0.3) is 0 Å². The lowest BCUT2D eigenvalue weighted by Crippen LogP contribution is -2.03. The topological polar surface area (TPSA) is 51.7 Å². The molecule has 0 aliphatic carbocycles. The van der Waals surface area contributed by atoms with Crippen molar-refractivity contribution in [1.29, 1.82) is 0 Å². The van der Waals surface area contributed by atoms with Crippen molar-refractivity contribution in [3.8, 4) is 11.4 Å². The zero-order valence-corrected chi connectivity index (χ0v) is 18.4. The molecule has 0 spiro atoms. The first-order valence-corrected chi connectivity index (χ1v) is 11.2. The summed E-state index contributed by atoms with van der Waals surface area (Å²) in [7, 11) is -1.13. The predicted molar refractivity (Wildman–Crippen MR) is 113 cm³/mol. The summed E-state index contributed by atoms with van der Waals surface area (Å²) in [5.74, 6) is 0.556. The van der Waals surface area contributed by atoms with E-state index in [4.69, 9.17) is 10.1 Å². The predicted octanol–water partition coefficient (Wildman–Crippen LogP) is 4.69. The number of imidazole rings is 1. The molecule has 27 heavy (non-hydrogen) atoms. The van der Waals surface area contributed by atoms with E-state index in [0.29, 0.717) is 5.75 Å². The fraction of sp³-hybridized carbons (Fsp3) is 0.400. The third kappa shape index (κ3) is 2.51. The third-order valence-corrected chi connectivity index (χ3v) is 7.84. The molecule has 7 heteroatoms. The minimum atomic E-state index is -1.13. The lowest BCUT2D eigenvalue weighted by Gasteiger charge is -2.12. The normalized spacial score (nSPS) is 13.1. The number of nitrogens with zero attached hydrogens (tertiary/aromatic N) is 4. The first-order valence-electron chi connectivity index (χ1n) is 9.09. The Morgan fingerprint density at radius 1 is 1.00 bits per heavy atom. The Morgan fingerprint density at radius 3 is 2.33 bits per heavy atom. The van der Waals surface area contributed by atoms with Crippen molar-refractivity contribution < 1.29 is 4.21 Å². The van der Waals surface area contributed by atoms with E-state index in [1.807, 2.05) is 11.4 Å². The minimum absolute atomic E-state index is 0.556. The highest BCUT2D eigenvalue weighted by atomic mass is 32.2. The van der Waals surface area contributed by atoms with E-state index >= 15 is 0 Å². The summed E-state index contributed by atoms with van der Waals surface area (Å²) in [5.41, 5.74) is 8.27. The lowest BCUT2D eigenvalue weighted by molar-refractivity contribution is 0.684. The van der Waals surface area contributed by atoms with Gasteiger partial charge in [-0.25, -0.2) is 9.50 Å². The van der Waals surface area contributed by atoms with Gasteiger partial charge in [-0.15, -0.1) is 11.3 Å². The number of hydrogen-bond acceptors (Lipinski definition) is 4. The Hall–Kier alpha value is -1.99. The van der Waals surface area contributed by atoms with Gasteiger partial charge >= 0.3 is 0 Å². The van der Waals surface area contributed by atoms with Gasteiger partial charge in [-0.05, 0) is 58.2 Å². The van der Waals surface area contributed by atoms with Crippen molar-refractivity contribution in [2.45, 2.75) is 53.4 Å². The van der Waals surface area contributed by atoms with Crippen LogP contribution >= 0.6 is 11.3 Å². The Bertz CT molecular complexity index is 1240. The van der Waals surface area contributed by atoms with Crippen LogP contribution in [0, 0.1) is 41.5 Å². The molecule has 0 fully saturated rings. The molecule has 4 aromatic rings. The van der Waals surface area contributed by atoms with E-state index in [9.17, 15) is 4.21 Å². The van der Waals surface area contributed by atoms with Crippen LogP contribution in [-0.2, 0) is 10.8 Å². The van der Waals surface area contributed by atoms with E-state index in [-0.39, 0.29) is 0 Å². The number of aromatic nitrogens is 4. The molecule has 0 aliphatic rings. The maximum Gasteiger partial charge on any atom is 0.194 e. The van der Waals surface area contributed by atoms with Crippen LogP contribution in [0.4, 0.5) is 0 Å². The van der Waals surface area contributed by atoms with Gasteiger partial charge in [0, 0.05) is 28.2 Å². The molecule has 0 aliphatic heterocycles. The third-order valence-electron chi connectivity index (χ3n) is 5.58. The molecule has 4 rings (SSSR count). The standard InChI is InChI=1S/C20H24N4OS2/c1-8-27(25)19-17(16-15(7)23-9-10(2)26-20(23)21-16)22-24-14(6)12(4)11(3)13(5)18(19)24/h9H,8H2,1-7H3. The van der Waals surface area contributed by atoms with Crippen molar-refractivity contribution in [3.05, 3.63) is 39.2 Å². The number of hydrogen-bond donors (Lipinski definition) is 0. The summed E-state index contributed by atoms with van der Waals surface area (Å²) in [5, 5.41) is 4.92.